The topological polar surface area (TPSA) is 50.7 Å². The molecule has 0 aromatic carbocycles. The van der Waals surface area contributed by atoms with Crippen molar-refractivity contribution in [3.05, 3.63) is 22.7 Å². The van der Waals surface area contributed by atoms with Gasteiger partial charge in [0.25, 0.3) is 0 Å². The second kappa shape index (κ2) is 4.78. The van der Waals surface area contributed by atoms with E-state index in [1.54, 1.807) is 7.11 Å². The normalized spacial score (nSPS) is 31.9. The lowest BCUT2D eigenvalue weighted by molar-refractivity contribution is -0.100. The third kappa shape index (κ3) is 1.97. The van der Waals surface area contributed by atoms with Crippen molar-refractivity contribution in [2.75, 3.05) is 13.7 Å². The van der Waals surface area contributed by atoms with Crippen LogP contribution in [0, 0.1) is 5.41 Å². The van der Waals surface area contributed by atoms with Crippen LogP contribution >= 0.6 is 0 Å². The summed E-state index contributed by atoms with van der Waals surface area (Å²) in [5, 5.41) is 10.3. The third-order valence-electron chi connectivity index (χ3n) is 5.50. The average Bonchev–Trinajstić information content (AvgIpc) is 2.41. The monoisotopic (exact) mass is 279 g/mol. The lowest BCUT2D eigenvalue weighted by Gasteiger charge is -2.51. The van der Waals surface area contributed by atoms with E-state index in [0.29, 0.717) is 18.7 Å². The molecule has 0 aromatic rings. The molecule has 0 aromatic heterocycles. The second-order valence-corrected chi connectivity index (χ2v) is 6.68. The fourth-order valence-corrected chi connectivity index (χ4v) is 3.68. The molecule has 4 nitrogen and oxygen atoms in total. The largest absolute Gasteiger partial charge is 0.512 e. The minimum Gasteiger partial charge on any atom is -0.512 e. The zero-order valence-corrected chi connectivity index (χ0v) is 12.7. The van der Waals surface area contributed by atoms with Crippen LogP contribution in [0.25, 0.3) is 0 Å². The van der Waals surface area contributed by atoms with E-state index < -0.39 is 0 Å². The third-order valence-corrected chi connectivity index (χ3v) is 5.50. The van der Waals surface area contributed by atoms with Gasteiger partial charge in [-0.15, -0.1) is 0 Å². The Morgan fingerprint density at radius 2 is 2.10 bits per heavy atom. The molecule has 4 heteroatoms. The van der Waals surface area contributed by atoms with Crippen LogP contribution in [0.4, 0.5) is 0 Å². The molecule has 0 saturated heterocycles. The molecule has 1 aliphatic heterocycles. The zero-order valence-electron chi connectivity index (χ0n) is 12.7. The molecule has 2 aliphatic carbocycles. The Hall–Kier alpha value is -1.00. The first-order valence-electron chi connectivity index (χ1n) is 7.57. The van der Waals surface area contributed by atoms with Gasteiger partial charge in [0.2, 0.25) is 0 Å². The molecule has 1 atom stereocenters. The minimum absolute atomic E-state index is 0.0837. The van der Waals surface area contributed by atoms with E-state index in [9.17, 15) is 5.11 Å². The number of aliphatic hydroxyl groups is 1. The average molecular weight is 279 g/mol. The van der Waals surface area contributed by atoms with Gasteiger partial charge in [0.15, 0.2) is 0 Å². The van der Waals surface area contributed by atoms with Crippen LogP contribution in [-0.2, 0) is 9.57 Å². The van der Waals surface area contributed by atoms with Crippen LogP contribution in [0.1, 0.15) is 52.4 Å². The molecular weight excluding hydrogens is 254 g/mol. The highest BCUT2D eigenvalue weighted by Gasteiger charge is 2.49. The summed E-state index contributed by atoms with van der Waals surface area (Å²) >= 11 is 0. The molecule has 0 radical (unpaired) electrons. The predicted octanol–water partition coefficient (Wildman–Crippen LogP) is 3.37. The zero-order chi connectivity index (χ0) is 14.4. The smallest absolute Gasteiger partial charge is 0.109 e. The lowest BCUT2D eigenvalue weighted by atomic mass is 9.68. The summed E-state index contributed by atoms with van der Waals surface area (Å²) in [5.74, 6) is 1.58. The molecule has 2 N–H and O–H groups in total. The molecule has 1 fully saturated rings. The number of aliphatic hydroxyl groups excluding tert-OH is 1. The first-order chi connectivity index (χ1) is 9.51. The SMILES string of the molecule is CONCC1(C)C(C)=C(O)CC2=C1OC1(CCC1)CC2. The first-order valence-corrected chi connectivity index (χ1v) is 7.57. The van der Waals surface area contributed by atoms with Crippen molar-refractivity contribution in [2.24, 2.45) is 5.41 Å². The standard InChI is InChI=1S/C16H25NO3/c1-11-13(18)9-12-5-8-16(6-4-7-16)20-14(12)15(11,2)10-17-19-3/h17-18H,4-10H2,1-3H3. The highest BCUT2D eigenvalue weighted by atomic mass is 16.6. The van der Waals surface area contributed by atoms with Crippen molar-refractivity contribution in [2.45, 2.75) is 58.0 Å². The quantitative estimate of drug-likeness (QED) is 0.778. The number of hydroxylamine groups is 1. The Morgan fingerprint density at radius 3 is 2.70 bits per heavy atom. The maximum atomic E-state index is 10.3. The van der Waals surface area contributed by atoms with Gasteiger partial charge in [-0.1, -0.05) is 0 Å². The Morgan fingerprint density at radius 1 is 1.35 bits per heavy atom. The van der Waals surface area contributed by atoms with Crippen molar-refractivity contribution in [1.29, 1.82) is 0 Å². The molecule has 112 valence electrons. The van der Waals surface area contributed by atoms with Gasteiger partial charge in [0, 0.05) is 13.0 Å². The Balaban J connectivity index is 1.94. The van der Waals surface area contributed by atoms with Crippen LogP contribution in [0.5, 0.6) is 0 Å². The first kappa shape index (κ1) is 14.0. The van der Waals surface area contributed by atoms with Gasteiger partial charge in [0.1, 0.15) is 11.4 Å². The number of ether oxygens (including phenoxy) is 1. The van der Waals surface area contributed by atoms with E-state index in [1.807, 2.05) is 6.92 Å². The summed E-state index contributed by atoms with van der Waals surface area (Å²) in [7, 11) is 1.62. The Kier molecular flexibility index (Phi) is 3.33. The summed E-state index contributed by atoms with van der Waals surface area (Å²) < 4.78 is 6.48. The van der Waals surface area contributed by atoms with E-state index in [1.165, 1.54) is 24.8 Å². The summed E-state index contributed by atoms with van der Waals surface area (Å²) in [4.78, 5) is 5.03. The van der Waals surface area contributed by atoms with Crippen molar-refractivity contribution in [3.8, 4) is 0 Å². The van der Waals surface area contributed by atoms with Crippen LogP contribution in [0.2, 0.25) is 0 Å². The lowest BCUT2D eigenvalue weighted by Crippen LogP contribution is -2.48. The fourth-order valence-electron chi connectivity index (χ4n) is 3.68. The highest BCUT2D eigenvalue weighted by molar-refractivity contribution is 5.38. The second-order valence-electron chi connectivity index (χ2n) is 6.68. The van der Waals surface area contributed by atoms with Crippen molar-refractivity contribution < 1.29 is 14.7 Å². The fraction of sp³-hybridized carbons (Fsp3) is 0.750. The molecule has 1 heterocycles. The van der Waals surface area contributed by atoms with Crippen molar-refractivity contribution in [1.82, 2.24) is 5.48 Å². The number of rotatable bonds is 3. The molecule has 1 saturated carbocycles. The predicted molar refractivity (Wildman–Crippen MR) is 77.0 cm³/mol. The van der Waals surface area contributed by atoms with Crippen LogP contribution < -0.4 is 5.48 Å². The molecular formula is C16H25NO3. The number of allylic oxidation sites excluding steroid dienone is 1. The molecule has 3 aliphatic rings. The maximum absolute atomic E-state index is 10.3. The molecule has 20 heavy (non-hydrogen) atoms. The highest BCUT2D eigenvalue weighted by Crippen LogP contribution is 2.54. The summed E-state index contributed by atoms with van der Waals surface area (Å²) in [5.41, 5.74) is 4.99. The van der Waals surface area contributed by atoms with Gasteiger partial charge in [-0.3, -0.25) is 0 Å². The van der Waals surface area contributed by atoms with E-state index in [0.717, 1.165) is 24.2 Å². The van der Waals surface area contributed by atoms with E-state index >= 15 is 0 Å². The van der Waals surface area contributed by atoms with Gasteiger partial charge in [-0.25, -0.2) is 5.48 Å². The van der Waals surface area contributed by atoms with Crippen molar-refractivity contribution in [3.63, 3.8) is 0 Å². The van der Waals surface area contributed by atoms with Gasteiger partial charge in [0.05, 0.1) is 18.3 Å². The van der Waals surface area contributed by atoms with Crippen LogP contribution in [0.15, 0.2) is 22.7 Å². The molecule has 0 bridgehead atoms. The molecule has 1 unspecified atom stereocenters. The van der Waals surface area contributed by atoms with E-state index in [2.05, 4.69) is 12.4 Å². The van der Waals surface area contributed by atoms with Gasteiger partial charge in [-0.2, -0.15) is 0 Å². The molecule has 3 rings (SSSR count). The summed E-state index contributed by atoms with van der Waals surface area (Å²) in [6.45, 7) is 4.76. The van der Waals surface area contributed by atoms with Gasteiger partial charge in [-0.05, 0) is 57.1 Å². The number of nitrogens with one attached hydrogen (secondary N) is 1. The van der Waals surface area contributed by atoms with Crippen LogP contribution in [0.3, 0.4) is 0 Å². The number of hydrogen-bond acceptors (Lipinski definition) is 4. The van der Waals surface area contributed by atoms with Gasteiger partial charge < -0.3 is 14.7 Å². The minimum atomic E-state index is -0.309. The van der Waals surface area contributed by atoms with Gasteiger partial charge >= 0.3 is 0 Å². The van der Waals surface area contributed by atoms with Crippen LogP contribution in [-0.4, -0.2) is 24.4 Å². The Labute approximate surface area is 120 Å². The molecule has 0 amide bonds. The summed E-state index contributed by atoms with van der Waals surface area (Å²) in [6, 6.07) is 0. The maximum Gasteiger partial charge on any atom is 0.109 e. The van der Waals surface area contributed by atoms with E-state index in [4.69, 9.17) is 9.57 Å². The van der Waals surface area contributed by atoms with E-state index in [-0.39, 0.29) is 11.0 Å². The summed E-state index contributed by atoms with van der Waals surface area (Å²) in [6.07, 6.45) is 6.43. The molecule has 1 spiro atoms. The van der Waals surface area contributed by atoms with Crippen molar-refractivity contribution >= 4 is 0 Å². The number of hydrogen-bond donors (Lipinski definition) is 2. The Bertz CT molecular complexity index is 476.